The zero-order valence-electron chi connectivity index (χ0n) is 12.1. The molecule has 22 heavy (non-hydrogen) atoms. The minimum absolute atomic E-state index is 0.0156. The minimum Gasteiger partial charge on any atom is -0.496 e. The van der Waals surface area contributed by atoms with Crippen LogP contribution in [0.5, 0.6) is 5.75 Å². The fourth-order valence-corrected chi connectivity index (χ4v) is 2.00. The van der Waals surface area contributed by atoms with Gasteiger partial charge < -0.3 is 15.8 Å². The number of nitrogen functional groups attached to an aromatic ring is 1. The summed E-state index contributed by atoms with van der Waals surface area (Å²) in [6.45, 7) is 1.85. The van der Waals surface area contributed by atoms with Crippen molar-refractivity contribution in [1.82, 2.24) is 0 Å². The molecular weight excluding hydrogens is 286 g/mol. The monoisotopic (exact) mass is 301 g/mol. The molecule has 0 radical (unpaired) electrons. The average Bonchev–Trinajstić information content (AvgIpc) is 2.47. The summed E-state index contributed by atoms with van der Waals surface area (Å²) in [7, 11) is 1.56. The van der Waals surface area contributed by atoms with Crippen LogP contribution in [0, 0.1) is 17.0 Å². The van der Waals surface area contributed by atoms with Crippen molar-refractivity contribution in [1.29, 1.82) is 0 Å². The first kappa shape index (κ1) is 15.3. The van der Waals surface area contributed by atoms with E-state index in [9.17, 15) is 14.9 Å². The van der Waals surface area contributed by atoms with Crippen molar-refractivity contribution in [3.8, 4) is 5.75 Å². The van der Waals surface area contributed by atoms with Gasteiger partial charge in [0.1, 0.15) is 11.4 Å². The van der Waals surface area contributed by atoms with Crippen LogP contribution in [0.3, 0.4) is 0 Å². The van der Waals surface area contributed by atoms with Crippen LogP contribution < -0.4 is 15.8 Å². The lowest BCUT2D eigenvalue weighted by molar-refractivity contribution is -0.383. The third-order valence-corrected chi connectivity index (χ3v) is 3.14. The van der Waals surface area contributed by atoms with Crippen molar-refractivity contribution >= 4 is 23.0 Å². The second-order valence-corrected chi connectivity index (χ2v) is 4.67. The number of hydrogen-bond donors (Lipinski definition) is 2. The van der Waals surface area contributed by atoms with Crippen molar-refractivity contribution in [2.75, 3.05) is 18.2 Å². The largest absolute Gasteiger partial charge is 0.496 e. The van der Waals surface area contributed by atoms with Gasteiger partial charge in [0.15, 0.2) is 0 Å². The molecule has 1 amide bonds. The molecule has 0 aliphatic heterocycles. The molecular formula is C15H15N3O4. The van der Waals surface area contributed by atoms with Gasteiger partial charge in [-0.2, -0.15) is 0 Å². The SMILES string of the molecule is COc1ccc(NC(=O)c2ccc(N)c([N+](=O)[O-])c2)cc1C. The zero-order chi connectivity index (χ0) is 16.3. The maximum atomic E-state index is 12.2. The zero-order valence-corrected chi connectivity index (χ0v) is 12.1. The summed E-state index contributed by atoms with van der Waals surface area (Å²) in [5, 5.41) is 13.5. The van der Waals surface area contributed by atoms with Crippen molar-refractivity contribution in [2.24, 2.45) is 0 Å². The number of hydrogen-bond acceptors (Lipinski definition) is 5. The van der Waals surface area contributed by atoms with Crippen LogP contribution in [0.15, 0.2) is 36.4 Å². The Morgan fingerprint density at radius 3 is 2.59 bits per heavy atom. The van der Waals surface area contributed by atoms with E-state index in [1.54, 1.807) is 25.3 Å². The normalized spacial score (nSPS) is 10.1. The number of benzene rings is 2. The third-order valence-electron chi connectivity index (χ3n) is 3.14. The molecule has 114 valence electrons. The highest BCUT2D eigenvalue weighted by atomic mass is 16.6. The molecule has 2 rings (SSSR count). The Morgan fingerprint density at radius 1 is 1.27 bits per heavy atom. The van der Waals surface area contributed by atoms with Crippen LogP contribution in [0.2, 0.25) is 0 Å². The molecule has 2 aromatic carbocycles. The highest BCUT2D eigenvalue weighted by molar-refractivity contribution is 6.05. The van der Waals surface area contributed by atoms with Crippen LogP contribution in [-0.4, -0.2) is 17.9 Å². The predicted molar refractivity (Wildman–Crippen MR) is 83.2 cm³/mol. The van der Waals surface area contributed by atoms with E-state index in [2.05, 4.69) is 5.32 Å². The number of rotatable bonds is 4. The molecule has 0 aromatic heterocycles. The maximum absolute atomic E-state index is 12.2. The molecule has 7 heteroatoms. The molecule has 7 nitrogen and oxygen atoms in total. The lowest BCUT2D eigenvalue weighted by Crippen LogP contribution is -2.12. The third kappa shape index (κ3) is 3.14. The number of nitrogens with one attached hydrogen (secondary N) is 1. The van der Waals surface area contributed by atoms with E-state index in [-0.39, 0.29) is 16.9 Å². The number of ether oxygens (including phenoxy) is 1. The van der Waals surface area contributed by atoms with Crippen molar-refractivity contribution in [2.45, 2.75) is 6.92 Å². The van der Waals surface area contributed by atoms with Gasteiger partial charge in [-0.15, -0.1) is 0 Å². The average molecular weight is 301 g/mol. The standard InChI is InChI=1S/C15H15N3O4/c1-9-7-11(4-6-14(9)22-2)17-15(19)10-3-5-12(16)13(8-10)18(20)21/h3-8H,16H2,1-2H3,(H,17,19). The molecule has 0 unspecified atom stereocenters. The number of aryl methyl sites for hydroxylation is 1. The highest BCUT2D eigenvalue weighted by Gasteiger charge is 2.16. The van der Waals surface area contributed by atoms with Crippen LogP contribution in [-0.2, 0) is 0 Å². The van der Waals surface area contributed by atoms with Crippen molar-refractivity contribution < 1.29 is 14.5 Å². The van der Waals surface area contributed by atoms with E-state index >= 15 is 0 Å². The van der Waals surface area contributed by atoms with Crippen LogP contribution in [0.1, 0.15) is 15.9 Å². The number of carbonyl (C=O) groups is 1. The molecule has 0 heterocycles. The molecule has 0 aliphatic carbocycles. The van der Waals surface area contributed by atoms with Crippen LogP contribution in [0.4, 0.5) is 17.1 Å². The van der Waals surface area contributed by atoms with E-state index in [1.807, 2.05) is 6.92 Å². The van der Waals surface area contributed by atoms with Gasteiger partial charge in [0.25, 0.3) is 11.6 Å². The van der Waals surface area contributed by atoms with Gasteiger partial charge in [0.2, 0.25) is 0 Å². The van der Waals surface area contributed by atoms with Gasteiger partial charge in [0, 0.05) is 17.3 Å². The summed E-state index contributed by atoms with van der Waals surface area (Å²) in [6.07, 6.45) is 0. The topological polar surface area (TPSA) is 107 Å². The Balaban J connectivity index is 2.24. The second kappa shape index (κ2) is 6.13. The number of carbonyl (C=O) groups excluding carboxylic acids is 1. The number of anilines is 2. The Labute approximate surface area is 126 Å². The second-order valence-electron chi connectivity index (χ2n) is 4.67. The summed E-state index contributed by atoms with van der Waals surface area (Å²) in [6, 6.07) is 9.11. The van der Waals surface area contributed by atoms with Crippen LogP contribution >= 0.6 is 0 Å². The lowest BCUT2D eigenvalue weighted by Gasteiger charge is -2.09. The summed E-state index contributed by atoms with van der Waals surface area (Å²) in [5.41, 5.74) is 6.83. The molecule has 3 N–H and O–H groups in total. The van der Waals surface area contributed by atoms with Crippen molar-refractivity contribution in [3.05, 3.63) is 57.6 Å². The highest BCUT2D eigenvalue weighted by Crippen LogP contribution is 2.24. The first-order valence-corrected chi connectivity index (χ1v) is 6.42. The first-order valence-electron chi connectivity index (χ1n) is 6.42. The molecule has 0 bridgehead atoms. The molecule has 0 atom stereocenters. The Bertz CT molecular complexity index is 744. The summed E-state index contributed by atoms with van der Waals surface area (Å²) >= 11 is 0. The van der Waals surface area contributed by atoms with E-state index in [0.29, 0.717) is 11.4 Å². The molecule has 0 saturated carbocycles. The van der Waals surface area contributed by atoms with Gasteiger partial charge in [0.05, 0.1) is 12.0 Å². The number of nitro groups is 1. The van der Waals surface area contributed by atoms with E-state index in [1.165, 1.54) is 12.1 Å². The summed E-state index contributed by atoms with van der Waals surface area (Å²) < 4.78 is 5.14. The smallest absolute Gasteiger partial charge is 0.292 e. The molecule has 2 aromatic rings. The predicted octanol–water partition coefficient (Wildman–Crippen LogP) is 2.75. The molecule has 0 fully saturated rings. The number of nitrogens with zero attached hydrogens (tertiary/aromatic N) is 1. The number of nitrogens with two attached hydrogens (primary N) is 1. The van der Waals surface area contributed by atoms with Gasteiger partial charge in [-0.05, 0) is 42.8 Å². The number of nitro benzene ring substituents is 1. The van der Waals surface area contributed by atoms with E-state index in [4.69, 9.17) is 10.5 Å². The molecule has 0 saturated heterocycles. The summed E-state index contributed by atoms with van der Waals surface area (Å²) in [5.74, 6) is 0.258. The Morgan fingerprint density at radius 2 is 2.00 bits per heavy atom. The molecule has 0 spiro atoms. The maximum Gasteiger partial charge on any atom is 0.292 e. The van der Waals surface area contributed by atoms with Gasteiger partial charge in [-0.1, -0.05) is 0 Å². The minimum atomic E-state index is -0.621. The number of amides is 1. The van der Waals surface area contributed by atoms with Crippen LogP contribution in [0.25, 0.3) is 0 Å². The quantitative estimate of drug-likeness (QED) is 0.513. The number of methoxy groups -OCH3 is 1. The van der Waals surface area contributed by atoms with Crippen molar-refractivity contribution in [3.63, 3.8) is 0 Å². The van der Waals surface area contributed by atoms with Gasteiger partial charge in [-0.3, -0.25) is 14.9 Å². The summed E-state index contributed by atoms with van der Waals surface area (Å²) in [4.78, 5) is 22.4. The van der Waals surface area contributed by atoms with E-state index in [0.717, 1.165) is 11.6 Å². The fraction of sp³-hybridized carbons (Fsp3) is 0.133. The first-order chi connectivity index (χ1) is 10.4. The fourth-order valence-electron chi connectivity index (χ4n) is 2.00. The van der Waals surface area contributed by atoms with Gasteiger partial charge in [-0.25, -0.2) is 0 Å². The lowest BCUT2D eigenvalue weighted by atomic mass is 10.1. The molecule has 0 aliphatic rings. The van der Waals surface area contributed by atoms with E-state index < -0.39 is 10.8 Å². The Kier molecular flexibility index (Phi) is 4.26. The Hall–Kier alpha value is -3.09. The van der Waals surface area contributed by atoms with Gasteiger partial charge >= 0.3 is 0 Å².